The van der Waals surface area contributed by atoms with E-state index in [1.165, 1.54) is 24.3 Å². The zero-order chi connectivity index (χ0) is 13.6. The molecule has 0 radical (unpaired) electrons. The highest BCUT2D eigenvalue weighted by Gasteiger charge is 2.15. The van der Waals surface area contributed by atoms with Crippen LogP contribution in [0.3, 0.4) is 0 Å². The molecule has 6 nitrogen and oxygen atoms in total. The lowest BCUT2D eigenvalue weighted by Crippen LogP contribution is -2.06. The average Bonchev–Trinajstić information content (AvgIpc) is 2.36. The Morgan fingerprint density at radius 3 is 2.83 bits per heavy atom. The molecule has 0 N–H and O–H groups in total. The van der Waals surface area contributed by atoms with Gasteiger partial charge in [-0.05, 0) is 18.2 Å². The lowest BCUT2D eigenvalue weighted by Gasteiger charge is -2.03. The van der Waals surface area contributed by atoms with Crippen LogP contribution in [0.1, 0.15) is 10.4 Å². The molecule has 0 saturated carbocycles. The Kier molecular flexibility index (Phi) is 4.53. The second-order valence-corrected chi connectivity index (χ2v) is 4.68. The van der Waals surface area contributed by atoms with Gasteiger partial charge in [0, 0.05) is 0 Å². The van der Waals surface area contributed by atoms with Gasteiger partial charge < -0.3 is 4.74 Å². The first-order chi connectivity index (χ1) is 8.51. The number of carbonyl (C=O) groups excluding carboxylic acids is 2. The molecule has 94 valence electrons. The van der Waals surface area contributed by atoms with Crippen molar-refractivity contribution in [2.24, 2.45) is 4.40 Å². The molecule has 0 fully saturated rings. The van der Waals surface area contributed by atoms with Crippen LogP contribution in [0, 0.1) is 0 Å². The van der Waals surface area contributed by atoms with E-state index < -0.39 is 16.0 Å². The number of ether oxygens (including phenoxy) is 1. The molecule has 1 aromatic rings. The van der Waals surface area contributed by atoms with Gasteiger partial charge in [0.15, 0.2) is 0 Å². The summed E-state index contributed by atoms with van der Waals surface area (Å²) in [6.07, 6.45) is 2.33. The van der Waals surface area contributed by atoms with Gasteiger partial charge in [0.1, 0.15) is 6.61 Å². The van der Waals surface area contributed by atoms with Gasteiger partial charge in [-0.3, -0.25) is 0 Å². The number of carbonyl (C=O) groups is 1. The molecule has 0 aromatic heterocycles. The van der Waals surface area contributed by atoms with Crippen molar-refractivity contribution in [3.05, 3.63) is 42.5 Å². The first-order valence-corrected chi connectivity index (χ1v) is 6.17. The third kappa shape index (κ3) is 3.38. The highest BCUT2D eigenvalue weighted by Crippen LogP contribution is 2.14. The summed E-state index contributed by atoms with van der Waals surface area (Å²) in [4.78, 5) is 21.2. The maximum absolute atomic E-state index is 11.5. The summed E-state index contributed by atoms with van der Waals surface area (Å²) in [7, 11) is -4.11. The summed E-state index contributed by atoms with van der Waals surface area (Å²) in [6, 6.07) is 5.01. The van der Waals surface area contributed by atoms with Crippen molar-refractivity contribution in [3.8, 4) is 0 Å². The summed E-state index contributed by atoms with van der Waals surface area (Å²) in [5.74, 6) is -0.693. The van der Waals surface area contributed by atoms with Crippen LogP contribution in [0.15, 0.2) is 46.2 Å². The average molecular weight is 267 g/mol. The lowest BCUT2D eigenvalue weighted by molar-refractivity contribution is 0.0549. The minimum atomic E-state index is -4.11. The molecule has 0 aliphatic rings. The van der Waals surface area contributed by atoms with Gasteiger partial charge in [-0.2, -0.15) is 8.42 Å². The van der Waals surface area contributed by atoms with E-state index in [-0.39, 0.29) is 17.1 Å². The van der Waals surface area contributed by atoms with Crippen LogP contribution in [-0.2, 0) is 19.6 Å². The zero-order valence-corrected chi connectivity index (χ0v) is 10.0. The fourth-order valence-electron chi connectivity index (χ4n) is 1.10. The van der Waals surface area contributed by atoms with Crippen LogP contribution in [-0.4, -0.2) is 27.1 Å². The topological polar surface area (TPSA) is 89.9 Å². The first-order valence-electron chi connectivity index (χ1n) is 4.73. The molecule has 0 saturated heterocycles. The molecule has 0 bridgehead atoms. The third-order valence-electron chi connectivity index (χ3n) is 1.86. The Balaban J connectivity index is 3.10. The van der Waals surface area contributed by atoms with Gasteiger partial charge in [-0.1, -0.05) is 23.1 Å². The largest absolute Gasteiger partial charge is 0.458 e. The van der Waals surface area contributed by atoms with Crippen molar-refractivity contribution in [1.29, 1.82) is 0 Å². The molecule has 0 aliphatic heterocycles. The van der Waals surface area contributed by atoms with E-state index in [1.807, 2.05) is 0 Å². The third-order valence-corrected chi connectivity index (χ3v) is 3.02. The molecule has 0 atom stereocenters. The lowest BCUT2D eigenvalue weighted by atomic mass is 10.2. The Morgan fingerprint density at radius 2 is 2.22 bits per heavy atom. The predicted octanol–water partition coefficient (Wildman–Crippen LogP) is 1.05. The second kappa shape index (κ2) is 5.90. The van der Waals surface area contributed by atoms with Gasteiger partial charge in [0.25, 0.3) is 16.1 Å². The Labute approximate surface area is 104 Å². The summed E-state index contributed by atoms with van der Waals surface area (Å²) < 4.78 is 30.3. The van der Waals surface area contributed by atoms with Crippen LogP contribution in [0.4, 0.5) is 0 Å². The summed E-state index contributed by atoms with van der Waals surface area (Å²) >= 11 is 0. The molecule has 0 heterocycles. The van der Waals surface area contributed by atoms with Gasteiger partial charge in [0.05, 0.1) is 10.5 Å². The van der Waals surface area contributed by atoms with Crippen LogP contribution in [0.5, 0.6) is 0 Å². The fraction of sp³-hybridized carbons (Fsp3) is 0.0909. The van der Waals surface area contributed by atoms with Crippen LogP contribution < -0.4 is 0 Å². The fourth-order valence-corrected chi connectivity index (χ4v) is 1.83. The van der Waals surface area contributed by atoms with E-state index in [0.29, 0.717) is 0 Å². The summed E-state index contributed by atoms with van der Waals surface area (Å²) in [6.45, 7) is 3.39. The molecular weight excluding hydrogens is 258 g/mol. The summed E-state index contributed by atoms with van der Waals surface area (Å²) in [5, 5.41) is 0. The predicted molar refractivity (Wildman–Crippen MR) is 62.2 cm³/mol. The smallest absolute Gasteiger partial charge is 0.338 e. The Hall–Kier alpha value is -2.24. The zero-order valence-electron chi connectivity index (χ0n) is 9.20. The monoisotopic (exact) mass is 267 g/mol. The van der Waals surface area contributed by atoms with Crippen LogP contribution in [0.2, 0.25) is 0 Å². The number of rotatable bonds is 5. The Bertz CT molecular complexity index is 614. The highest BCUT2D eigenvalue weighted by molar-refractivity contribution is 7.90. The van der Waals surface area contributed by atoms with Crippen molar-refractivity contribution in [3.63, 3.8) is 0 Å². The van der Waals surface area contributed by atoms with Crippen molar-refractivity contribution >= 4 is 22.1 Å². The minimum Gasteiger partial charge on any atom is -0.458 e. The van der Waals surface area contributed by atoms with Crippen LogP contribution in [0.25, 0.3) is 0 Å². The number of benzene rings is 1. The maximum Gasteiger partial charge on any atom is 0.338 e. The number of nitrogens with zero attached hydrogens (tertiary/aromatic N) is 1. The van der Waals surface area contributed by atoms with E-state index >= 15 is 0 Å². The van der Waals surface area contributed by atoms with E-state index in [4.69, 9.17) is 4.74 Å². The number of sulfonamides is 1. The second-order valence-electron chi connectivity index (χ2n) is 3.07. The van der Waals surface area contributed by atoms with Gasteiger partial charge >= 0.3 is 5.97 Å². The molecule has 0 spiro atoms. The SMILES string of the molecule is C=CCOC(=O)c1cccc(S(=O)(=O)N=C=O)c1. The standard InChI is InChI=1S/C11H9NO5S/c1-2-6-17-11(14)9-4-3-5-10(7-9)18(15,16)12-8-13/h2-5,7H,1,6H2. The van der Waals surface area contributed by atoms with Crippen LogP contribution >= 0.6 is 0 Å². The normalized spacial score (nSPS) is 10.2. The molecule has 0 unspecified atom stereocenters. The number of hydrogen-bond donors (Lipinski definition) is 0. The molecule has 7 heteroatoms. The minimum absolute atomic E-state index is 0.0162. The van der Waals surface area contributed by atoms with E-state index in [0.717, 1.165) is 12.1 Å². The van der Waals surface area contributed by atoms with E-state index in [2.05, 4.69) is 11.0 Å². The highest BCUT2D eigenvalue weighted by atomic mass is 32.2. The van der Waals surface area contributed by atoms with Crippen molar-refractivity contribution in [2.75, 3.05) is 6.61 Å². The first kappa shape index (κ1) is 13.8. The van der Waals surface area contributed by atoms with Crippen molar-refractivity contribution < 1.29 is 22.7 Å². The van der Waals surface area contributed by atoms with Gasteiger partial charge in [-0.25, -0.2) is 9.59 Å². The number of esters is 1. The van der Waals surface area contributed by atoms with Gasteiger partial charge in [-0.15, -0.1) is 0 Å². The molecule has 0 aliphatic carbocycles. The molecule has 1 aromatic carbocycles. The van der Waals surface area contributed by atoms with E-state index in [1.54, 1.807) is 0 Å². The molecular formula is C11H9NO5S. The van der Waals surface area contributed by atoms with Crippen molar-refractivity contribution in [1.82, 2.24) is 0 Å². The molecule has 1 rings (SSSR count). The van der Waals surface area contributed by atoms with E-state index in [9.17, 15) is 18.0 Å². The summed E-state index contributed by atoms with van der Waals surface area (Å²) in [5.41, 5.74) is 0.0408. The van der Waals surface area contributed by atoms with Gasteiger partial charge in [0.2, 0.25) is 0 Å². The quantitative estimate of drug-likeness (QED) is 0.344. The molecule has 0 amide bonds. The van der Waals surface area contributed by atoms with Crippen molar-refractivity contribution in [2.45, 2.75) is 4.90 Å². The number of hydrogen-bond acceptors (Lipinski definition) is 5. The molecule has 18 heavy (non-hydrogen) atoms. The Morgan fingerprint density at radius 1 is 1.50 bits per heavy atom. The number of isocyanates is 1. The maximum atomic E-state index is 11.5.